The predicted octanol–water partition coefficient (Wildman–Crippen LogP) is 8.25. The third kappa shape index (κ3) is 7.54. The van der Waals surface area contributed by atoms with Crippen molar-refractivity contribution in [3.63, 3.8) is 0 Å². The quantitative estimate of drug-likeness (QED) is 0.0658. The van der Waals surface area contributed by atoms with Gasteiger partial charge in [0.15, 0.2) is 11.6 Å². The zero-order valence-electron chi connectivity index (χ0n) is 27.0. The molecule has 48 heavy (non-hydrogen) atoms. The highest BCUT2D eigenvalue weighted by Gasteiger charge is 2.53. The number of hydrogen-bond acceptors (Lipinski definition) is 6. The number of azide groups is 1. The molecule has 1 aliphatic heterocycles. The van der Waals surface area contributed by atoms with Crippen molar-refractivity contribution < 1.29 is 19.4 Å². The molecule has 0 saturated heterocycles. The van der Waals surface area contributed by atoms with Gasteiger partial charge in [0, 0.05) is 42.2 Å². The summed E-state index contributed by atoms with van der Waals surface area (Å²) in [6, 6.07) is 33.0. The molecule has 4 aromatic carbocycles. The zero-order valence-corrected chi connectivity index (χ0v) is 27.0. The molecular formula is C39H41N5O4. The molecule has 2 N–H and O–H groups in total. The number of amides is 1. The molecule has 9 heteroatoms. The first-order valence-corrected chi connectivity index (χ1v) is 16.8. The Labute approximate surface area is 281 Å². The Balaban J connectivity index is 1.41. The number of nitrogens with one attached hydrogen (secondary N) is 1. The maximum Gasteiger partial charge on any atom is 0.252 e. The minimum atomic E-state index is -1.39. The number of hydrogen-bond donors (Lipinski definition) is 2. The highest BCUT2D eigenvalue weighted by Crippen LogP contribution is 2.44. The summed E-state index contributed by atoms with van der Waals surface area (Å²) >= 11 is 0. The van der Waals surface area contributed by atoms with Crippen LogP contribution in [0.15, 0.2) is 113 Å². The molecule has 246 valence electrons. The summed E-state index contributed by atoms with van der Waals surface area (Å²) in [5, 5.41) is 16.3. The van der Waals surface area contributed by atoms with Gasteiger partial charge in [0.05, 0.1) is 6.61 Å². The second-order valence-electron chi connectivity index (χ2n) is 12.5. The van der Waals surface area contributed by atoms with Crippen molar-refractivity contribution in [2.24, 2.45) is 16.0 Å². The summed E-state index contributed by atoms with van der Waals surface area (Å²) in [5.41, 5.74) is 12.8. The number of carbonyl (C=O) groups excluding carboxylic acids is 1. The van der Waals surface area contributed by atoms with E-state index in [1.54, 1.807) is 6.07 Å². The van der Waals surface area contributed by atoms with Gasteiger partial charge in [-0.15, -0.1) is 0 Å². The van der Waals surface area contributed by atoms with Gasteiger partial charge < -0.3 is 19.9 Å². The summed E-state index contributed by atoms with van der Waals surface area (Å²) in [6.45, 7) is 1.04. The molecular weight excluding hydrogens is 602 g/mol. The zero-order chi connectivity index (χ0) is 33.2. The summed E-state index contributed by atoms with van der Waals surface area (Å²) in [4.78, 5) is 22.9. The maximum absolute atomic E-state index is 14.7. The van der Waals surface area contributed by atoms with Crippen LogP contribution in [-0.2, 0) is 16.0 Å². The molecule has 1 fully saturated rings. The van der Waals surface area contributed by atoms with Crippen molar-refractivity contribution in [1.82, 2.24) is 5.32 Å². The van der Waals surface area contributed by atoms with Crippen LogP contribution in [0.5, 0.6) is 5.75 Å². The SMILES string of the molecule is [N-]=[N+]=Nc1ccccc1C[C@@]1(C(=O)NCC2CCCCC2)N=C(c2ccc(OCCCO)cc2)O[C@@H]1c1ccc(-c2ccccc2)cc1. The van der Waals surface area contributed by atoms with Crippen LogP contribution in [0.25, 0.3) is 21.6 Å². The van der Waals surface area contributed by atoms with E-state index in [-0.39, 0.29) is 18.9 Å². The topological polar surface area (TPSA) is 129 Å². The van der Waals surface area contributed by atoms with Gasteiger partial charge in [-0.05, 0) is 70.8 Å². The van der Waals surface area contributed by atoms with Crippen LogP contribution in [0.3, 0.4) is 0 Å². The van der Waals surface area contributed by atoms with Crippen LogP contribution in [0.1, 0.15) is 61.3 Å². The Kier molecular flexibility index (Phi) is 10.7. The number of aliphatic hydroxyl groups is 1. The molecule has 1 amide bonds. The van der Waals surface area contributed by atoms with Crippen LogP contribution >= 0.6 is 0 Å². The van der Waals surface area contributed by atoms with Crippen LogP contribution in [-0.4, -0.2) is 42.2 Å². The fourth-order valence-corrected chi connectivity index (χ4v) is 6.64. The van der Waals surface area contributed by atoms with Gasteiger partial charge in [0.2, 0.25) is 5.90 Å². The van der Waals surface area contributed by atoms with Crippen molar-refractivity contribution in [2.45, 2.75) is 56.6 Å². The number of ether oxygens (including phenoxy) is 2. The monoisotopic (exact) mass is 643 g/mol. The molecule has 1 aliphatic carbocycles. The van der Waals surface area contributed by atoms with E-state index in [9.17, 15) is 10.3 Å². The Bertz CT molecular complexity index is 1750. The molecule has 6 rings (SSSR count). The molecule has 0 radical (unpaired) electrons. The Morgan fingerprint density at radius 1 is 0.917 bits per heavy atom. The molecule has 9 nitrogen and oxygen atoms in total. The van der Waals surface area contributed by atoms with Gasteiger partial charge >= 0.3 is 0 Å². The van der Waals surface area contributed by atoms with Crippen molar-refractivity contribution in [3.8, 4) is 16.9 Å². The fourth-order valence-electron chi connectivity index (χ4n) is 6.64. The normalized spacial score (nSPS) is 19.1. The van der Waals surface area contributed by atoms with E-state index in [0.717, 1.165) is 29.5 Å². The number of aliphatic imine (C=N–C) groups is 1. The summed E-state index contributed by atoms with van der Waals surface area (Å²) < 4.78 is 12.5. The predicted molar refractivity (Wildman–Crippen MR) is 187 cm³/mol. The lowest BCUT2D eigenvalue weighted by atomic mass is 9.81. The van der Waals surface area contributed by atoms with E-state index in [2.05, 4.69) is 27.5 Å². The van der Waals surface area contributed by atoms with Crippen LogP contribution in [0.2, 0.25) is 0 Å². The van der Waals surface area contributed by atoms with E-state index in [1.165, 1.54) is 19.3 Å². The van der Waals surface area contributed by atoms with Gasteiger partial charge in [-0.1, -0.05) is 103 Å². The first-order chi connectivity index (χ1) is 23.6. The first kappa shape index (κ1) is 32.8. The average molecular weight is 644 g/mol. The molecule has 0 spiro atoms. The van der Waals surface area contributed by atoms with E-state index in [0.29, 0.717) is 54.0 Å². The second-order valence-corrected chi connectivity index (χ2v) is 12.5. The maximum atomic E-state index is 14.7. The number of carbonyl (C=O) groups is 1. The van der Waals surface area contributed by atoms with E-state index in [1.807, 2.05) is 84.9 Å². The highest BCUT2D eigenvalue weighted by molar-refractivity contribution is 6.01. The lowest BCUT2D eigenvalue weighted by Crippen LogP contribution is -2.51. The van der Waals surface area contributed by atoms with Gasteiger partial charge in [-0.25, -0.2) is 4.99 Å². The minimum Gasteiger partial charge on any atom is -0.494 e. The van der Waals surface area contributed by atoms with Gasteiger partial charge in [-0.2, -0.15) is 0 Å². The van der Waals surface area contributed by atoms with Crippen molar-refractivity contribution >= 4 is 17.5 Å². The molecule has 1 heterocycles. The lowest BCUT2D eigenvalue weighted by Gasteiger charge is -2.32. The Morgan fingerprint density at radius 3 is 2.33 bits per heavy atom. The third-order valence-electron chi connectivity index (χ3n) is 9.23. The van der Waals surface area contributed by atoms with Crippen molar-refractivity contribution in [3.05, 3.63) is 130 Å². The van der Waals surface area contributed by atoms with Crippen molar-refractivity contribution in [1.29, 1.82) is 0 Å². The van der Waals surface area contributed by atoms with Gasteiger partial charge in [0.25, 0.3) is 5.91 Å². The van der Waals surface area contributed by atoms with Crippen molar-refractivity contribution in [2.75, 3.05) is 19.8 Å². The molecule has 0 bridgehead atoms. The highest BCUT2D eigenvalue weighted by atomic mass is 16.5. The standard InChI is InChI=1S/C39H41N5O4/c40-44-43-35-15-8-7-14-33(35)26-39(38(46)41-27-28-10-3-1-4-11-28)36(31-18-16-30(17-19-31)29-12-5-2-6-13-29)48-37(42-39)32-20-22-34(23-21-32)47-25-9-24-45/h2,5-8,12-23,28,36,45H,1,3-4,9-11,24-27H2,(H,41,46)/t36-,39-/m1/s1. The Hall–Kier alpha value is -5.11. The minimum absolute atomic E-state index is 0.0597. The molecule has 0 aromatic heterocycles. The molecule has 2 atom stereocenters. The largest absolute Gasteiger partial charge is 0.494 e. The summed E-state index contributed by atoms with van der Waals surface area (Å²) in [5.74, 6) is 1.21. The third-order valence-corrected chi connectivity index (χ3v) is 9.23. The summed E-state index contributed by atoms with van der Waals surface area (Å²) in [6.07, 6.45) is 5.71. The second kappa shape index (κ2) is 15.7. The lowest BCUT2D eigenvalue weighted by molar-refractivity contribution is -0.129. The average Bonchev–Trinajstić information content (AvgIpc) is 3.53. The molecule has 1 saturated carbocycles. The molecule has 0 unspecified atom stereocenters. The van der Waals surface area contributed by atoms with E-state index < -0.39 is 11.6 Å². The first-order valence-electron chi connectivity index (χ1n) is 16.8. The molecule has 2 aliphatic rings. The van der Waals surface area contributed by atoms with Crippen LogP contribution in [0.4, 0.5) is 5.69 Å². The fraction of sp³-hybridized carbons (Fsp3) is 0.333. The molecule has 4 aromatic rings. The van der Waals surface area contributed by atoms with Gasteiger partial charge in [-0.3, -0.25) is 4.79 Å². The van der Waals surface area contributed by atoms with Crippen LogP contribution < -0.4 is 10.1 Å². The Morgan fingerprint density at radius 2 is 1.60 bits per heavy atom. The smallest absolute Gasteiger partial charge is 0.252 e. The van der Waals surface area contributed by atoms with Gasteiger partial charge in [0.1, 0.15) is 5.75 Å². The summed E-state index contributed by atoms with van der Waals surface area (Å²) in [7, 11) is 0. The number of aliphatic hydroxyl groups excluding tert-OH is 1. The van der Waals surface area contributed by atoms with E-state index in [4.69, 9.17) is 19.6 Å². The number of nitrogens with zero attached hydrogens (tertiary/aromatic N) is 4. The number of rotatable bonds is 13. The van der Waals surface area contributed by atoms with Crippen LogP contribution in [0, 0.1) is 5.92 Å². The number of benzene rings is 4. The van der Waals surface area contributed by atoms with E-state index >= 15 is 0 Å².